The summed E-state index contributed by atoms with van der Waals surface area (Å²) >= 11 is 1.62. The van der Waals surface area contributed by atoms with Gasteiger partial charge in [0.1, 0.15) is 0 Å². The lowest BCUT2D eigenvalue weighted by Gasteiger charge is -2.18. The minimum Gasteiger partial charge on any atom is -0.326 e. The van der Waals surface area contributed by atoms with Gasteiger partial charge in [0, 0.05) is 23.5 Å². The fourth-order valence-electron chi connectivity index (χ4n) is 2.58. The lowest BCUT2D eigenvalue weighted by molar-refractivity contribution is -0.116. The van der Waals surface area contributed by atoms with Crippen LogP contribution in [0.3, 0.4) is 0 Å². The first kappa shape index (κ1) is 16.6. The molecule has 124 valence electrons. The number of benzene rings is 2. The Balaban J connectivity index is 1.57. The van der Waals surface area contributed by atoms with Crippen LogP contribution in [0, 0.1) is 0 Å². The highest BCUT2D eigenvalue weighted by Crippen LogP contribution is 2.26. The number of carbonyl (C=O) groups is 2. The van der Waals surface area contributed by atoms with Crippen molar-refractivity contribution >= 4 is 35.0 Å². The van der Waals surface area contributed by atoms with Gasteiger partial charge < -0.3 is 10.6 Å². The first-order valence-corrected chi connectivity index (χ1v) is 9.06. The minimum absolute atomic E-state index is 0.00396. The molecule has 0 unspecified atom stereocenters. The number of hydrogen-bond donors (Lipinski definition) is 2. The average molecular weight is 340 g/mol. The predicted octanol–water partition coefficient (Wildman–Crippen LogP) is 3.83. The van der Waals surface area contributed by atoms with Crippen molar-refractivity contribution in [3.8, 4) is 0 Å². The van der Waals surface area contributed by atoms with Crippen molar-refractivity contribution in [2.45, 2.75) is 30.8 Å². The van der Waals surface area contributed by atoms with Crippen LogP contribution < -0.4 is 10.6 Å². The molecule has 2 aromatic rings. The topological polar surface area (TPSA) is 58.2 Å². The van der Waals surface area contributed by atoms with Gasteiger partial charge in [-0.15, -0.1) is 11.8 Å². The van der Waals surface area contributed by atoms with E-state index in [4.69, 9.17) is 0 Å². The second kappa shape index (κ2) is 7.53. The van der Waals surface area contributed by atoms with Crippen LogP contribution in [0.2, 0.25) is 0 Å². The number of fused-ring (bicyclic) bond motifs is 1. The Hall–Kier alpha value is -2.27. The quantitative estimate of drug-likeness (QED) is 0.870. The Morgan fingerprint density at radius 1 is 1.21 bits per heavy atom. The van der Waals surface area contributed by atoms with Crippen LogP contribution >= 0.6 is 11.8 Å². The van der Waals surface area contributed by atoms with Crippen LogP contribution in [0.1, 0.15) is 24.5 Å². The van der Waals surface area contributed by atoms with Gasteiger partial charge in [-0.05, 0) is 42.7 Å². The van der Waals surface area contributed by atoms with Crippen LogP contribution in [-0.2, 0) is 21.8 Å². The summed E-state index contributed by atoms with van der Waals surface area (Å²) in [6.07, 6.45) is 1.21. The molecule has 1 atom stereocenters. The third-order valence-corrected chi connectivity index (χ3v) is 5.19. The van der Waals surface area contributed by atoms with Gasteiger partial charge in [-0.3, -0.25) is 9.59 Å². The molecule has 0 spiro atoms. The third kappa shape index (κ3) is 4.17. The summed E-state index contributed by atoms with van der Waals surface area (Å²) in [7, 11) is 0. The molecule has 2 aromatic carbocycles. The number of nitrogens with one attached hydrogen (secondary N) is 2. The Bertz CT molecular complexity index is 746. The fraction of sp³-hybridized carbons (Fsp3) is 0.263. The first-order valence-electron chi connectivity index (χ1n) is 8.01. The standard InChI is InChI=1S/C19H20N2O2S/c1-13(24-12-14-5-3-2-4-6-14)19(23)20-16-8-9-17-15(11-16)7-10-18(22)21-17/h2-6,8-9,11,13H,7,10,12H2,1H3,(H,20,23)(H,21,22)/t13-/m0/s1. The summed E-state index contributed by atoms with van der Waals surface area (Å²) in [5.41, 5.74) is 3.90. The van der Waals surface area contributed by atoms with Crippen molar-refractivity contribution in [2.24, 2.45) is 0 Å². The molecule has 1 aliphatic heterocycles. The van der Waals surface area contributed by atoms with Gasteiger partial charge in [0.25, 0.3) is 0 Å². The number of carbonyl (C=O) groups excluding carboxylic acids is 2. The molecule has 5 heteroatoms. The van der Waals surface area contributed by atoms with Crippen molar-refractivity contribution in [3.05, 3.63) is 59.7 Å². The fourth-order valence-corrected chi connectivity index (χ4v) is 3.42. The van der Waals surface area contributed by atoms with Gasteiger partial charge in [-0.2, -0.15) is 0 Å². The molecule has 24 heavy (non-hydrogen) atoms. The van der Waals surface area contributed by atoms with Crippen LogP contribution in [-0.4, -0.2) is 17.1 Å². The van der Waals surface area contributed by atoms with Gasteiger partial charge in [0.15, 0.2) is 0 Å². The van der Waals surface area contributed by atoms with Crippen molar-refractivity contribution in [2.75, 3.05) is 10.6 Å². The molecule has 0 saturated carbocycles. The molecular weight excluding hydrogens is 320 g/mol. The molecule has 0 fully saturated rings. The summed E-state index contributed by atoms with van der Waals surface area (Å²) in [5, 5.41) is 5.67. The van der Waals surface area contributed by atoms with E-state index in [1.165, 1.54) is 5.56 Å². The van der Waals surface area contributed by atoms with Crippen LogP contribution in [0.5, 0.6) is 0 Å². The summed E-state index contributed by atoms with van der Waals surface area (Å²) in [6.45, 7) is 1.92. The summed E-state index contributed by atoms with van der Waals surface area (Å²) in [6, 6.07) is 15.8. The molecule has 0 aliphatic carbocycles. The van der Waals surface area contributed by atoms with E-state index in [1.807, 2.05) is 43.3 Å². The Labute approximate surface area is 146 Å². The number of rotatable bonds is 5. The molecule has 4 nitrogen and oxygen atoms in total. The van der Waals surface area contributed by atoms with E-state index in [2.05, 4.69) is 22.8 Å². The van der Waals surface area contributed by atoms with Gasteiger partial charge >= 0.3 is 0 Å². The largest absolute Gasteiger partial charge is 0.326 e. The highest BCUT2D eigenvalue weighted by molar-refractivity contribution is 7.99. The SMILES string of the molecule is C[C@H](SCc1ccccc1)C(=O)Nc1ccc2c(c1)CCC(=O)N2. The van der Waals surface area contributed by atoms with E-state index < -0.39 is 0 Å². The maximum absolute atomic E-state index is 12.4. The molecule has 3 rings (SSSR count). The maximum atomic E-state index is 12.4. The zero-order valence-corrected chi connectivity index (χ0v) is 14.4. The second-order valence-electron chi connectivity index (χ2n) is 5.85. The number of aryl methyl sites for hydroxylation is 1. The van der Waals surface area contributed by atoms with Crippen molar-refractivity contribution in [1.82, 2.24) is 0 Å². The smallest absolute Gasteiger partial charge is 0.237 e. The zero-order valence-electron chi connectivity index (χ0n) is 13.5. The van der Waals surface area contributed by atoms with Crippen molar-refractivity contribution in [1.29, 1.82) is 0 Å². The van der Waals surface area contributed by atoms with Crippen molar-refractivity contribution < 1.29 is 9.59 Å². The number of anilines is 2. The molecule has 0 saturated heterocycles. The van der Waals surface area contributed by atoms with E-state index in [0.29, 0.717) is 12.8 Å². The zero-order chi connectivity index (χ0) is 16.9. The maximum Gasteiger partial charge on any atom is 0.237 e. The first-order chi connectivity index (χ1) is 11.6. The normalized spacial score (nSPS) is 14.5. The highest BCUT2D eigenvalue weighted by atomic mass is 32.2. The molecule has 0 radical (unpaired) electrons. The van der Waals surface area contributed by atoms with Gasteiger partial charge in [0.2, 0.25) is 11.8 Å². The highest BCUT2D eigenvalue weighted by Gasteiger charge is 2.17. The third-order valence-electron chi connectivity index (χ3n) is 3.98. The Kier molecular flexibility index (Phi) is 5.20. The van der Waals surface area contributed by atoms with E-state index in [1.54, 1.807) is 11.8 Å². The monoisotopic (exact) mass is 340 g/mol. The summed E-state index contributed by atoms with van der Waals surface area (Å²) < 4.78 is 0. The minimum atomic E-state index is -0.138. The number of hydrogen-bond acceptors (Lipinski definition) is 3. The van der Waals surface area contributed by atoms with Crippen LogP contribution in [0.4, 0.5) is 11.4 Å². The van der Waals surface area contributed by atoms with E-state index in [-0.39, 0.29) is 17.1 Å². The Morgan fingerprint density at radius 2 is 2.00 bits per heavy atom. The molecular formula is C19H20N2O2S. The van der Waals surface area contributed by atoms with Crippen LogP contribution in [0.15, 0.2) is 48.5 Å². The Morgan fingerprint density at radius 3 is 2.79 bits per heavy atom. The van der Waals surface area contributed by atoms with Gasteiger partial charge in [-0.25, -0.2) is 0 Å². The predicted molar refractivity (Wildman–Crippen MR) is 99.2 cm³/mol. The van der Waals surface area contributed by atoms with Gasteiger partial charge in [0.05, 0.1) is 5.25 Å². The average Bonchev–Trinajstić information content (AvgIpc) is 2.60. The van der Waals surface area contributed by atoms with Crippen molar-refractivity contribution in [3.63, 3.8) is 0 Å². The van der Waals surface area contributed by atoms with E-state index >= 15 is 0 Å². The lowest BCUT2D eigenvalue weighted by atomic mass is 10.0. The molecule has 2 N–H and O–H groups in total. The second-order valence-corrected chi connectivity index (χ2v) is 7.18. The summed E-state index contributed by atoms with van der Waals surface area (Å²) in [5.74, 6) is 0.854. The van der Waals surface area contributed by atoms with E-state index in [0.717, 1.165) is 22.7 Å². The van der Waals surface area contributed by atoms with Gasteiger partial charge in [-0.1, -0.05) is 30.3 Å². The van der Waals surface area contributed by atoms with Crippen LogP contribution in [0.25, 0.3) is 0 Å². The molecule has 0 aromatic heterocycles. The number of amides is 2. The number of thioether (sulfide) groups is 1. The summed E-state index contributed by atoms with van der Waals surface area (Å²) in [4.78, 5) is 23.7. The molecule has 1 heterocycles. The molecule has 0 bridgehead atoms. The molecule has 1 aliphatic rings. The lowest BCUT2D eigenvalue weighted by Crippen LogP contribution is -2.23. The molecule has 2 amide bonds. The van der Waals surface area contributed by atoms with E-state index in [9.17, 15) is 9.59 Å².